The van der Waals surface area contributed by atoms with Gasteiger partial charge in [-0.25, -0.2) is 4.39 Å². The van der Waals surface area contributed by atoms with E-state index in [0.717, 1.165) is 0 Å². The van der Waals surface area contributed by atoms with Crippen molar-refractivity contribution in [2.24, 2.45) is 5.73 Å². The largest absolute Gasteiger partial charge is 0.480 e. The molecule has 1 unspecified atom stereocenters. The second-order valence-corrected chi connectivity index (χ2v) is 4.41. The Morgan fingerprint density at radius 1 is 1.26 bits per heavy atom. The van der Waals surface area contributed by atoms with E-state index >= 15 is 0 Å². The number of carboxylic acids is 1. The number of hydrogen-bond acceptors (Lipinski definition) is 6. The highest BCUT2D eigenvalue weighted by atomic mass is 19.1. The first kappa shape index (κ1) is 18.2. The van der Waals surface area contributed by atoms with Gasteiger partial charge >= 0.3 is 5.97 Å². The van der Waals surface area contributed by atoms with Gasteiger partial charge in [0.25, 0.3) is 0 Å². The Hall–Kier alpha value is -0.800. The van der Waals surface area contributed by atoms with Crippen LogP contribution in [0.2, 0.25) is 0 Å². The van der Waals surface area contributed by atoms with Crippen molar-refractivity contribution in [3.63, 3.8) is 0 Å². The highest BCUT2D eigenvalue weighted by Crippen LogP contribution is 2.04. The molecule has 0 aliphatic heterocycles. The average molecular weight is 282 g/mol. The zero-order valence-electron chi connectivity index (χ0n) is 10.7. The zero-order valence-corrected chi connectivity index (χ0v) is 10.7. The summed E-state index contributed by atoms with van der Waals surface area (Å²) in [5, 5.41) is 38.1. The van der Waals surface area contributed by atoms with Crippen molar-refractivity contribution in [3.8, 4) is 0 Å². The van der Waals surface area contributed by atoms with E-state index in [4.69, 9.17) is 21.1 Å². The van der Waals surface area contributed by atoms with Crippen molar-refractivity contribution in [1.82, 2.24) is 5.32 Å². The van der Waals surface area contributed by atoms with Gasteiger partial charge < -0.3 is 31.5 Å². The van der Waals surface area contributed by atoms with Gasteiger partial charge in [-0.2, -0.15) is 0 Å². The number of aliphatic carboxylic acids is 1. The van der Waals surface area contributed by atoms with Crippen LogP contribution in [0.3, 0.4) is 0 Å². The predicted molar refractivity (Wildman–Crippen MR) is 66.3 cm³/mol. The molecule has 114 valence electrons. The monoisotopic (exact) mass is 282 g/mol. The van der Waals surface area contributed by atoms with Crippen LogP contribution in [-0.4, -0.2) is 70.5 Å². The van der Waals surface area contributed by atoms with Gasteiger partial charge in [0.1, 0.15) is 18.2 Å². The first-order valence-electron chi connectivity index (χ1n) is 6.20. The first-order valence-corrected chi connectivity index (χ1v) is 6.20. The number of nitrogens with one attached hydrogen (secondary N) is 1. The number of carbonyl (C=O) groups is 1. The lowest BCUT2D eigenvalue weighted by Gasteiger charge is -2.19. The summed E-state index contributed by atoms with van der Waals surface area (Å²) < 4.78 is 13.2. The third kappa shape index (κ3) is 8.06. The van der Waals surface area contributed by atoms with Crippen LogP contribution in [0.15, 0.2) is 0 Å². The van der Waals surface area contributed by atoms with E-state index in [-0.39, 0.29) is 6.54 Å². The van der Waals surface area contributed by atoms with Crippen molar-refractivity contribution < 1.29 is 29.6 Å². The number of hydrogen-bond donors (Lipinski definition) is 6. The van der Waals surface area contributed by atoms with Crippen LogP contribution in [0.4, 0.5) is 4.39 Å². The Morgan fingerprint density at radius 3 is 2.42 bits per heavy atom. The molecule has 0 aromatic carbocycles. The number of nitrogens with two attached hydrogens (primary N) is 1. The third-order valence-electron chi connectivity index (χ3n) is 2.71. The van der Waals surface area contributed by atoms with Crippen molar-refractivity contribution in [2.45, 2.75) is 43.7 Å². The maximum Gasteiger partial charge on any atom is 0.320 e. The fourth-order valence-corrected chi connectivity index (χ4v) is 1.46. The first-order chi connectivity index (χ1) is 8.90. The fourth-order valence-electron chi connectivity index (χ4n) is 1.46. The van der Waals surface area contributed by atoms with Crippen molar-refractivity contribution in [2.75, 3.05) is 19.7 Å². The minimum Gasteiger partial charge on any atom is -0.480 e. The number of halogens is 1. The van der Waals surface area contributed by atoms with E-state index < -0.39 is 37.0 Å². The van der Waals surface area contributed by atoms with Crippen LogP contribution >= 0.6 is 0 Å². The Morgan fingerprint density at radius 2 is 1.89 bits per heavy atom. The maximum absolute atomic E-state index is 13.2. The standard InChI is InChI=1S/C11H23FN2O5/c12-10(9(17)6-15)8(16)5-14-4-2-1-3-7(13)11(18)19/h7-10,14-17H,1-6,13H2,(H,18,19)/t7?,8-,9+,10+/m0/s1. The number of carboxylic acid groups (broad SMARTS) is 1. The highest BCUT2D eigenvalue weighted by molar-refractivity contribution is 5.72. The van der Waals surface area contributed by atoms with Crippen LogP contribution in [0.1, 0.15) is 19.3 Å². The summed E-state index contributed by atoms with van der Waals surface area (Å²) >= 11 is 0. The van der Waals surface area contributed by atoms with E-state index in [1.54, 1.807) is 0 Å². The molecule has 7 N–H and O–H groups in total. The summed E-state index contributed by atoms with van der Waals surface area (Å²) in [4.78, 5) is 10.4. The van der Waals surface area contributed by atoms with Gasteiger partial charge in [-0.3, -0.25) is 4.79 Å². The molecule has 0 aromatic rings. The third-order valence-corrected chi connectivity index (χ3v) is 2.71. The second-order valence-electron chi connectivity index (χ2n) is 4.41. The predicted octanol–water partition coefficient (Wildman–Crippen LogP) is -1.79. The van der Waals surface area contributed by atoms with Crippen LogP contribution in [-0.2, 0) is 4.79 Å². The van der Waals surface area contributed by atoms with E-state index in [1.165, 1.54) is 0 Å². The Labute approximate surface area is 111 Å². The molecule has 0 rings (SSSR count). The SMILES string of the molecule is NC(CCCCNC[C@H](O)[C@@H](F)[C@H](O)CO)C(=O)O. The van der Waals surface area contributed by atoms with Crippen LogP contribution in [0.5, 0.6) is 0 Å². The molecular formula is C11H23FN2O5. The fraction of sp³-hybridized carbons (Fsp3) is 0.909. The van der Waals surface area contributed by atoms with E-state index in [9.17, 15) is 14.3 Å². The molecule has 0 bridgehead atoms. The van der Waals surface area contributed by atoms with Gasteiger partial charge in [0, 0.05) is 6.54 Å². The lowest BCUT2D eigenvalue weighted by molar-refractivity contribution is -0.138. The van der Waals surface area contributed by atoms with E-state index in [2.05, 4.69) is 5.32 Å². The lowest BCUT2D eigenvalue weighted by Crippen LogP contribution is -2.42. The van der Waals surface area contributed by atoms with Gasteiger partial charge in [-0.05, 0) is 19.4 Å². The molecule has 0 heterocycles. The molecule has 0 amide bonds. The molecule has 8 heteroatoms. The van der Waals surface area contributed by atoms with Gasteiger partial charge in [-0.1, -0.05) is 6.42 Å². The highest BCUT2D eigenvalue weighted by Gasteiger charge is 2.25. The Bertz CT molecular complexity index is 257. The number of unbranched alkanes of at least 4 members (excludes halogenated alkanes) is 1. The summed E-state index contributed by atoms with van der Waals surface area (Å²) in [6, 6.07) is -0.875. The van der Waals surface area contributed by atoms with Crippen LogP contribution < -0.4 is 11.1 Å². The minimum atomic E-state index is -1.90. The molecule has 7 nitrogen and oxygen atoms in total. The topological polar surface area (TPSA) is 136 Å². The Kier molecular flexibility index (Phi) is 9.62. The summed E-state index contributed by atoms with van der Waals surface area (Å²) in [6.07, 6.45) is -3.29. The average Bonchev–Trinajstić information content (AvgIpc) is 2.39. The normalized spacial score (nSPS) is 17.7. The molecule has 0 spiro atoms. The van der Waals surface area contributed by atoms with Gasteiger partial charge in [0.15, 0.2) is 6.17 Å². The number of aliphatic hydroxyl groups is 3. The molecule has 0 aliphatic carbocycles. The van der Waals surface area contributed by atoms with Crippen LogP contribution in [0.25, 0.3) is 0 Å². The lowest BCUT2D eigenvalue weighted by atomic mass is 10.1. The smallest absolute Gasteiger partial charge is 0.320 e. The van der Waals surface area contributed by atoms with Gasteiger partial charge in [-0.15, -0.1) is 0 Å². The molecule has 0 saturated carbocycles. The summed E-state index contributed by atoms with van der Waals surface area (Å²) in [5.74, 6) is -1.04. The maximum atomic E-state index is 13.2. The Balaban J connectivity index is 3.56. The summed E-state index contributed by atoms with van der Waals surface area (Å²) in [5.41, 5.74) is 5.31. The second kappa shape index (κ2) is 10.0. The van der Waals surface area contributed by atoms with Gasteiger partial charge in [0.05, 0.1) is 6.61 Å². The van der Waals surface area contributed by atoms with E-state index in [0.29, 0.717) is 25.8 Å². The molecule has 0 radical (unpaired) electrons. The van der Waals surface area contributed by atoms with E-state index in [1.807, 2.05) is 0 Å². The quantitative estimate of drug-likeness (QED) is 0.246. The zero-order chi connectivity index (χ0) is 14.8. The molecular weight excluding hydrogens is 259 g/mol. The van der Waals surface area contributed by atoms with Crippen molar-refractivity contribution >= 4 is 5.97 Å². The van der Waals surface area contributed by atoms with Crippen molar-refractivity contribution in [1.29, 1.82) is 0 Å². The summed E-state index contributed by atoms with van der Waals surface area (Å²) in [7, 11) is 0. The summed E-state index contributed by atoms with van der Waals surface area (Å²) in [6.45, 7) is -0.320. The molecule has 4 atom stereocenters. The molecule has 0 aromatic heterocycles. The number of alkyl halides is 1. The number of rotatable bonds is 11. The minimum absolute atomic E-state index is 0.0524. The molecule has 0 saturated heterocycles. The molecule has 0 aliphatic rings. The molecule has 0 fully saturated rings. The van der Waals surface area contributed by atoms with Crippen LogP contribution in [0, 0.1) is 0 Å². The van der Waals surface area contributed by atoms with Gasteiger partial charge in [0.2, 0.25) is 0 Å². The number of aliphatic hydroxyl groups excluding tert-OH is 3. The van der Waals surface area contributed by atoms with Crippen molar-refractivity contribution in [3.05, 3.63) is 0 Å². The molecule has 19 heavy (non-hydrogen) atoms.